The Bertz CT molecular complexity index is 1580. The van der Waals surface area contributed by atoms with Crippen molar-refractivity contribution < 1.29 is 14.6 Å². The summed E-state index contributed by atoms with van der Waals surface area (Å²) in [5.41, 5.74) is 1.41. The highest BCUT2D eigenvalue weighted by Crippen LogP contribution is 2.37. The Hall–Kier alpha value is -4.19. The highest BCUT2D eigenvalue weighted by atomic mass is 16.5. The molecule has 1 aromatic heterocycles. The molecule has 0 aliphatic heterocycles. The smallest absolute Gasteiger partial charge is 0.320 e. The van der Waals surface area contributed by atoms with E-state index in [0.717, 1.165) is 39.9 Å². The van der Waals surface area contributed by atoms with Crippen molar-refractivity contribution in [2.45, 2.75) is 78.1 Å². The van der Waals surface area contributed by atoms with Crippen molar-refractivity contribution >= 4 is 21.5 Å². The van der Waals surface area contributed by atoms with Crippen LogP contribution in [0.25, 0.3) is 44.3 Å². The highest BCUT2D eigenvalue weighted by Gasteiger charge is 2.18. The molecule has 224 valence electrons. The maximum atomic E-state index is 11.0. The summed E-state index contributed by atoms with van der Waals surface area (Å²) < 4.78 is 11.7. The lowest BCUT2D eigenvalue weighted by Crippen LogP contribution is -2.04. The van der Waals surface area contributed by atoms with Crippen molar-refractivity contribution in [3.63, 3.8) is 0 Å². The number of nitrogens with zero attached hydrogens (tertiary/aromatic N) is 3. The molecule has 0 unspecified atom stereocenters. The molecule has 0 radical (unpaired) electrons. The van der Waals surface area contributed by atoms with Crippen LogP contribution in [0.5, 0.6) is 17.5 Å². The molecule has 0 aliphatic rings. The quantitative estimate of drug-likeness (QED) is 0.0929. The Morgan fingerprint density at radius 1 is 0.605 bits per heavy atom. The van der Waals surface area contributed by atoms with Gasteiger partial charge >= 0.3 is 6.01 Å². The third kappa shape index (κ3) is 7.81. The van der Waals surface area contributed by atoms with Crippen molar-refractivity contribution in [1.82, 2.24) is 15.0 Å². The average molecular weight is 578 g/mol. The fourth-order valence-electron chi connectivity index (χ4n) is 5.61. The van der Waals surface area contributed by atoms with Gasteiger partial charge in [-0.2, -0.15) is 9.97 Å². The number of phenolic OH excluding ortho intramolecular Hbond substituents is 1. The summed E-state index contributed by atoms with van der Waals surface area (Å²) in [7, 11) is 0. The molecule has 0 atom stereocenters. The van der Waals surface area contributed by atoms with Crippen LogP contribution in [0.4, 0.5) is 0 Å². The van der Waals surface area contributed by atoms with Crippen molar-refractivity contribution in [3.8, 4) is 40.3 Å². The van der Waals surface area contributed by atoms with E-state index in [9.17, 15) is 5.11 Å². The van der Waals surface area contributed by atoms with Gasteiger partial charge in [-0.1, -0.05) is 113 Å². The molecule has 0 aliphatic carbocycles. The molecule has 5 rings (SSSR count). The molecule has 0 fully saturated rings. The van der Waals surface area contributed by atoms with E-state index in [0.29, 0.717) is 36.2 Å². The van der Waals surface area contributed by atoms with Gasteiger partial charge in [0, 0.05) is 11.6 Å². The fourth-order valence-corrected chi connectivity index (χ4v) is 5.61. The van der Waals surface area contributed by atoms with Crippen LogP contribution in [0.2, 0.25) is 0 Å². The maximum absolute atomic E-state index is 11.0. The van der Waals surface area contributed by atoms with Gasteiger partial charge in [0.05, 0.1) is 18.8 Å². The molecular formula is C37H43N3O3. The minimum Gasteiger partial charge on any atom is -0.507 e. The summed E-state index contributed by atoms with van der Waals surface area (Å²) in [6, 6.07) is 24.2. The lowest BCUT2D eigenvalue weighted by atomic mass is 9.96. The van der Waals surface area contributed by atoms with Crippen LogP contribution in [0.3, 0.4) is 0 Å². The Kier molecular flexibility index (Phi) is 10.8. The first-order valence-corrected chi connectivity index (χ1v) is 15.9. The van der Waals surface area contributed by atoms with Crippen molar-refractivity contribution in [3.05, 3.63) is 72.8 Å². The van der Waals surface area contributed by atoms with Crippen LogP contribution in [0.1, 0.15) is 78.1 Å². The minimum absolute atomic E-state index is 0.0583. The van der Waals surface area contributed by atoms with Crippen molar-refractivity contribution in [1.29, 1.82) is 0 Å². The zero-order chi connectivity index (χ0) is 29.9. The first-order valence-electron chi connectivity index (χ1n) is 15.9. The molecule has 0 amide bonds. The Morgan fingerprint density at radius 3 is 1.84 bits per heavy atom. The number of benzene rings is 4. The maximum Gasteiger partial charge on any atom is 0.320 e. The molecule has 0 bridgehead atoms. The number of aromatic hydroxyl groups is 1. The topological polar surface area (TPSA) is 77.4 Å². The second-order valence-corrected chi connectivity index (χ2v) is 11.1. The molecule has 1 heterocycles. The number of aromatic nitrogens is 3. The lowest BCUT2D eigenvalue weighted by Gasteiger charge is -2.13. The zero-order valence-electron chi connectivity index (χ0n) is 25.5. The molecular weight excluding hydrogens is 534 g/mol. The van der Waals surface area contributed by atoms with Crippen LogP contribution >= 0.6 is 0 Å². The lowest BCUT2D eigenvalue weighted by molar-refractivity contribution is 0.302. The van der Waals surface area contributed by atoms with E-state index in [-0.39, 0.29) is 11.8 Å². The van der Waals surface area contributed by atoms with Crippen LogP contribution in [0, 0.1) is 0 Å². The second-order valence-electron chi connectivity index (χ2n) is 11.1. The first-order chi connectivity index (χ1) is 21.2. The van der Waals surface area contributed by atoms with Crippen LogP contribution in [0.15, 0.2) is 72.8 Å². The summed E-state index contributed by atoms with van der Waals surface area (Å²) in [6.07, 6.45) is 12.8. The molecule has 6 nitrogen and oxygen atoms in total. The first kappa shape index (κ1) is 30.3. The van der Waals surface area contributed by atoms with Gasteiger partial charge in [-0.05, 0) is 53.1 Å². The largest absolute Gasteiger partial charge is 0.507 e. The Balaban J connectivity index is 1.31. The molecule has 0 spiro atoms. The van der Waals surface area contributed by atoms with Crippen molar-refractivity contribution in [2.24, 2.45) is 0 Å². The van der Waals surface area contributed by atoms with E-state index < -0.39 is 0 Å². The number of hydrogen-bond donors (Lipinski definition) is 1. The number of phenols is 1. The van der Waals surface area contributed by atoms with E-state index in [2.05, 4.69) is 42.2 Å². The summed E-state index contributed by atoms with van der Waals surface area (Å²) in [4.78, 5) is 14.1. The normalized spacial score (nSPS) is 11.3. The van der Waals surface area contributed by atoms with Gasteiger partial charge < -0.3 is 14.6 Å². The molecule has 43 heavy (non-hydrogen) atoms. The number of rotatable bonds is 16. The summed E-state index contributed by atoms with van der Waals surface area (Å²) in [5, 5.41) is 15.3. The highest BCUT2D eigenvalue weighted by molar-refractivity contribution is 6.11. The molecule has 4 aromatic carbocycles. The standard InChI is InChI=1S/C37H43N3O3/c1-3-5-6-7-8-9-10-11-12-17-24-43-29-22-23-32(33(41)26-29)35-38-36(40-37(39-35)42-4-2)34-30-20-15-13-18-27(30)25-28-19-14-16-21-31(28)34/h13-16,18-23,25-26,41H,3-12,17,24H2,1-2H3. The average Bonchev–Trinajstić information content (AvgIpc) is 3.02. The summed E-state index contributed by atoms with van der Waals surface area (Å²) in [5.74, 6) is 1.55. The SMILES string of the molecule is CCCCCCCCCCCCOc1ccc(-c2nc(OCC)nc(-c3c4ccccc4cc4ccccc34)n2)c(O)c1. The van der Waals surface area contributed by atoms with Crippen LogP contribution in [-0.2, 0) is 0 Å². The van der Waals surface area contributed by atoms with Gasteiger partial charge in [0.15, 0.2) is 11.6 Å². The predicted molar refractivity (Wildman–Crippen MR) is 176 cm³/mol. The third-order valence-electron chi connectivity index (χ3n) is 7.86. The van der Waals surface area contributed by atoms with E-state index in [1.807, 2.05) is 37.3 Å². The van der Waals surface area contributed by atoms with Gasteiger partial charge in [-0.3, -0.25) is 0 Å². The summed E-state index contributed by atoms with van der Waals surface area (Å²) in [6.45, 7) is 5.20. The minimum atomic E-state index is 0.0583. The van der Waals surface area contributed by atoms with Crippen LogP contribution in [-0.4, -0.2) is 33.3 Å². The monoisotopic (exact) mass is 577 g/mol. The molecule has 0 saturated heterocycles. The van der Waals surface area contributed by atoms with Gasteiger partial charge in [-0.25, -0.2) is 4.98 Å². The Labute approximate surface area is 255 Å². The van der Waals surface area contributed by atoms with Gasteiger partial charge in [0.2, 0.25) is 0 Å². The number of unbranched alkanes of at least 4 members (excludes halogenated alkanes) is 9. The predicted octanol–water partition coefficient (Wildman–Crippen LogP) is 9.92. The van der Waals surface area contributed by atoms with E-state index >= 15 is 0 Å². The second kappa shape index (κ2) is 15.3. The third-order valence-corrected chi connectivity index (χ3v) is 7.86. The van der Waals surface area contributed by atoms with Crippen molar-refractivity contribution in [2.75, 3.05) is 13.2 Å². The molecule has 5 aromatic rings. The fraction of sp³-hybridized carbons (Fsp3) is 0.378. The van der Waals surface area contributed by atoms with E-state index in [1.165, 1.54) is 51.4 Å². The zero-order valence-corrected chi connectivity index (χ0v) is 25.5. The van der Waals surface area contributed by atoms with E-state index in [4.69, 9.17) is 19.4 Å². The number of hydrogen-bond acceptors (Lipinski definition) is 6. The number of ether oxygens (including phenoxy) is 2. The van der Waals surface area contributed by atoms with Gasteiger partial charge in [-0.15, -0.1) is 0 Å². The van der Waals surface area contributed by atoms with Gasteiger partial charge in [0.1, 0.15) is 11.5 Å². The molecule has 0 saturated carbocycles. The molecule has 6 heteroatoms. The Morgan fingerprint density at radius 2 is 1.21 bits per heavy atom. The molecule has 1 N–H and O–H groups in total. The van der Waals surface area contributed by atoms with Crippen LogP contribution < -0.4 is 9.47 Å². The van der Waals surface area contributed by atoms with E-state index in [1.54, 1.807) is 12.1 Å². The van der Waals surface area contributed by atoms with Gasteiger partial charge in [0.25, 0.3) is 0 Å². The summed E-state index contributed by atoms with van der Waals surface area (Å²) >= 11 is 0. The number of fused-ring (bicyclic) bond motifs is 2.